The third-order valence-corrected chi connectivity index (χ3v) is 11.5. The van der Waals surface area contributed by atoms with E-state index in [1.807, 2.05) is 13.1 Å². The standard InChI is InChI=1S/C38H34N2O2Si/c1-24-14-18-33-31(20-24)38(29-10-6-8-12-35(29)42-36-13-9-7-11-30(36)38)32-22-27(43(3,4)5)16-19-34(32)40(33)26-15-17-28-25(21-26)23-39(2)37(28)41/h6-22H,23H2,1-5H3. The number of aryl methyl sites for hydroxylation is 1. The van der Waals surface area contributed by atoms with E-state index in [4.69, 9.17) is 4.74 Å². The van der Waals surface area contributed by atoms with E-state index in [1.165, 1.54) is 21.9 Å². The highest BCUT2D eigenvalue weighted by molar-refractivity contribution is 6.88. The normalized spacial score (nSPS) is 15.8. The maximum Gasteiger partial charge on any atom is 0.254 e. The van der Waals surface area contributed by atoms with Crippen LogP contribution in [0.3, 0.4) is 0 Å². The molecule has 5 aromatic rings. The van der Waals surface area contributed by atoms with Gasteiger partial charge in [-0.1, -0.05) is 91.1 Å². The Morgan fingerprint density at radius 3 is 2.02 bits per heavy atom. The molecule has 1 amide bonds. The number of anilines is 3. The first kappa shape index (κ1) is 26.0. The van der Waals surface area contributed by atoms with Gasteiger partial charge < -0.3 is 14.5 Å². The van der Waals surface area contributed by atoms with Gasteiger partial charge in [-0.05, 0) is 66.1 Å². The van der Waals surface area contributed by atoms with Crippen molar-refractivity contribution in [3.63, 3.8) is 0 Å². The lowest BCUT2D eigenvalue weighted by Gasteiger charge is -2.49. The Labute approximate surface area is 254 Å². The van der Waals surface area contributed by atoms with Gasteiger partial charge in [0.15, 0.2) is 0 Å². The van der Waals surface area contributed by atoms with E-state index < -0.39 is 13.5 Å². The zero-order chi connectivity index (χ0) is 29.7. The van der Waals surface area contributed by atoms with E-state index in [0.29, 0.717) is 6.54 Å². The molecule has 0 saturated carbocycles. The summed E-state index contributed by atoms with van der Waals surface area (Å²) in [5, 5.41) is 1.42. The van der Waals surface area contributed by atoms with Crippen LogP contribution in [0.5, 0.6) is 11.5 Å². The van der Waals surface area contributed by atoms with Gasteiger partial charge in [0.05, 0.1) is 24.9 Å². The summed E-state index contributed by atoms with van der Waals surface area (Å²) < 4.78 is 6.60. The molecule has 3 aliphatic rings. The average Bonchev–Trinajstić information content (AvgIpc) is 3.28. The summed E-state index contributed by atoms with van der Waals surface area (Å²) in [6.07, 6.45) is 0. The number of hydrogen-bond donors (Lipinski definition) is 0. The maximum absolute atomic E-state index is 12.8. The summed E-state index contributed by atoms with van der Waals surface area (Å²) in [5.41, 5.74) is 10.7. The minimum atomic E-state index is -1.68. The molecule has 212 valence electrons. The highest BCUT2D eigenvalue weighted by Crippen LogP contribution is 2.62. The Hall–Kier alpha value is -4.61. The number of para-hydroxylation sites is 2. The van der Waals surface area contributed by atoms with Gasteiger partial charge in [-0.25, -0.2) is 0 Å². The quantitative estimate of drug-likeness (QED) is 0.193. The molecule has 5 aromatic carbocycles. The Kier molecular flexibility index (Phi) is 5.42. The van der Waals surface area contributed by atoms with Gasteiger partial charge >= 0.3 is 0 Å². The number of amides is 1. The van der Waals surface area contributed by atoms with Crippen molar-refractivity contribution in [1.29, 1.82) is 0 Å². The predicted octanol–water partition coefficient (Wildman–Crippen LogP) is 8.40. The molecule has 3 aliphatic heterocycles. The molecule has 4 nitrogen and oxygen atoms in total. The molecule has 0 atom stereocenters. The molecule has 0 saturated heterocycles. The molecule has 5 heteroatoms. The zero-order valence-electron chi connectivity index (χ0n) is 25.2. The van der Waals surface area contributed by atoms with E-state index in [1.54, 1.807) is 4.90 Å². The van der Waals surface area contributed by atoms with Crippen molar-refractivity contribution in [2.45, 2.75) is 38.5 Å². The number of carbonyl (C=O) groups is 1. The molecular weight excluding hydrogens is 545 g/mol. The first-order chi connectivity index (χ1) is 20.7. The molecule has 0 bridgehead atoms. The van der Waals surface area contributed by atoms with Gasteiger partial charge in [-0.2, -0.15) is 0 Å². The third kappa shape index (κ3) is 3.58. The minimum absolute atomic E-state index is 0.0887. The average molecular weight is 579 g/mol. The maximum atomic E-state index is 12.8. The summed E-state index contributed by atoms with van der Waals surface area (Å²) in [6.45, 7) is 10.1. The van der Waals surface area contributed by atoms with E-state index in [9.17, 15) is 4.79 Å². The zero-order valence-corrected chi connectivity index (χ0v) is 26.2. The molecule has 0 N–H and O–H groups in total. The number of nitrogens with zero attached hydrogens (tertiary/aromatic N) is 2. The van der Waals surface area contributed by atoms with Crippen LogP contribution >= 0.6 is 0 Å². The molecular formula is C38H34N2O2Si. The largest absolute Gasteiger partial charge is 0.457 e. The van der Waals surface area contributed by atoms with Gasteiger partial charge in [0.2, 0.25) is 0 Å². The second kappa shape index (κ2) is 8.95. The van der Waals surface area contributed by atoms with E-state index in [0.717, 1.165) is 50.8 Å². The van der Waals surface area contributed by atoms with Gasteiger partial charge in [0, 0.05) is 36.0 Å². The highest BCUT2D eigenvalue weighted by Gasteiger charge is 2.51. The van der Waals surface area contributed by atoms with Crippen LogP contribution in [0.4, 0.5) is 17.1 Å². The lowest BCUT2D eigenvalue weighted by Crippen LogP contribution is -2.43. The molecule has 1 spiro atoms. The van der Waals surface area contributed by atoms with Crippen molar-refractivity contribution < 1.29 is 9.53 Å². The number of hydrogen-bond acceptors (Lipinski definition) is 3. The van der Waals surface area contributed by atoms with Crippen molar-refractivity contribution in [3.8, 4) is 11.5 Å². The molecule has 8 rings (SSSR count). The summed E-state index contributed by atoms with van der Waals surface area (Å²) >= 11 is 0. The number of rotatable bonds is 2. The lowest BCUT2D eigenvalue weighted by molar-refractivity contribution is 0.0816. The van der Waals surface area contributed by atoms with Gasteiger partial charge in [0.1, 0.15) is 11.5 Å². The van der Waals surface area contributed by atoms with Crippen LogP contribution in [0.1, 0.15) is 43.7 Å². The highest BCUT2D eigenvalue weighted by atomic mass is 28.3. The molecule has 0 radical (unpaired) electrons. The SMILES string of the molecule is Cc1ccc2c(c1)C1(c3ccccc3Oc3ccccc31)c1cc([Si](C)(C)C)ccc1N2c1ccc2c(c1)CN(C)C2=O. The van der Waals surface area contributed by atoms with E-state index >= 15 is 0 Å². The first-order valence-corrected chi connectivity index (χ1v) is 18.5. The van der Waals surface area contributed by atoms with Crippen molar-refractivity contribution in [1.82, 2.24) is 4.90 Å². The Bertz CT molecular complexity index is 1940. The Morgan fingerprint density at radius 2 is 1.35 bits per heavy atom. The van der Waals surface area contributed by atoms with Crippen LogP contribution in [0.25, 0.3) is 0 Å². The van der Waals surface area contributed by atoms with Crippen molar-refractivity contribution in [3.05, 3.63) is 142 Å². The predicted molar refractivity (Wildman–Crippen MR) is 177 cm³/mol. The monoisotopic (exact) mass is 578 g/mol. The minimum Gasteiger partial charge on any atom is -0.457 e. The summed E-state index contributed by atoms with van der Waals surface area (Å²) in [5.74, 6) is 1.88. The van der Waals surface area contributed by atoms with Crippen molar-refractivity contribution >= 4 is 36.2 Å². The first-order valence-electron chi connectivity index (χ1n) is 15.0. The van der Waals surface area contributed by atoms with Crippen LogP contribution in [-0.4, -0.2) is 25.9 Å². The fourth-order valence-electron chi connectivity index (χ4n) is 7.36. The molecule has 0 fully saturated rings. The summed E-state index contributed by atoms with van der Waals surface area (Å²) in [7, 11) is 0.191. The fourth-order valence-corrected chi connectivity index (χ4v) is 8.52. The second-order valence-corrected chi connectivity index (χ2v) is 18.3. The number of benzene rings is 5. The van der Waals surface area contributed by atoms with E-state index in [-0.39, 0.29) is 5.91 Å². The molecule has 0 aliphatic carbocycles. The summed E-state index contributed by atoms with van der Waals surface area (Å²) in [6, 6.07) is 37.4. The smallest absolute Gasteiger partial charge is 0.254 e. The van der Waals surface area contributed by atoms with Crippen LogP contribution in [0.15, 0.2) is 103 Å². The van der Waals surface area contributed by atoms with Gasteiger partial charge in [-0.15, -0.1) is 0 Å². The number of carbonyl (C=O) groups excluding carboxylic acids is 1. The van der Waals surface area contributed by atoms with Crippen LogP contribution in [0.2, 0.25) is 19.6 Å². The van der Waals surface area contributed by atoms with Crippen LogP contribution in [0, 0.1) is 6.92 Å². The van der Waals surface area contributed by atoms with E-state index in [2.05, 4.69) is 129 Å². The topological polar surface area (TPSA) is 32.8 Å². The number of ether oxygens (including phenoxy) is 1. The molecule has 43 heavy (non-hydrogen) atoms. The van der Waals surface area contributed by atoms with Crippen LogP contribution < -0.4 is 14.8 Å². The Balaban J connectivity index is 1.52. The van der Waals surface area contributed by atoms with Crippen molar-refractivity contribution in [2.24, 2.45) is 0 Å². The molecule has 0 unspecified atom stereocenters. The molecule has 0 aromatic heterocycles. The number of fused-ring (bicyclic) bond motifs is 9. The fraction of sp³-hybridized carbons (Fsp3) is 0.184. The third-order valence-electron chi connectivity index (χ3n) is 9.44. The second-order valence-electron chi connectivity index (χ2n) is 13.2. The van der Waals surface area contributed by atoms with Crippen LogP contribution in [-0.2, 0) is 12.0 Å². The lowest BCUT2D eigenvalue weighted by atomic mass is 9.61. The molecule has 3 heterocycles. The Morgan fingerprint density at radius 1 is 0.721 bits per heavy atom. The van der Waals surface area contributed by atoms with Crippen molar-refractivity contribution in [2.75, 3.05) is 11.9 Å². The summed E-state index contributed by atoms with van der Waals surface area (Å²) in [4.78, 5) is 17.0. The van der Waals surface area contributed by atoms with Gasteiger partial charge in [0.25, 0.3) is 5.91 Å². The van der Waals surface area contributed by atoms with Gasteiger partial charge in [-0.3, -0.25) is 4.79 Å².